The van der Waals surface area contributed by atoms with Gasteiger partial charge in [-0.25, -0.2) is 0 Å². The normalized spacial score (nSPS) is 10.0. The fourth-order valence-corrected chi connectivity index (χ4v) is 1.66. The summed E-state index contributed by atoms with van der Waals surface area (Å²) in [4.78, 5) is 0. The second kappa shape index (κ2) is 3.28. The minimum atomic E-state index is 0.766. The molecule has 10 heavy (non-hydrogen) atoms. The molecule has 1 aromatic carbocycles. The van der Waals surface area contributed by atoms with E-state index < -0.39 is 0 Å². The maximum Gasteiger partial charge on any atom is 0.0543 e. The molecular formula is C7H5Cl2I. The van der Waals surface area contributed by atoms with Crippen LogP contribution in [0.2, 0.25) is 10.0 Å². The molecule has 0 aliphatic carbocycles. The van der Waals surface area contributed by atoms with Crippen molar-refractivity contribution in [3.8, 4) is 0 Å². The third kappa shape index (κ3) is 1.77. The van der Waals surface area contributed by atoms with Crippen LogP contribution in [0.4, 0.5) is 0 Å². The van der Waals surface area contributed by atoms with E-state index in [9.17, 15) is 0 Å². The van der Waals surface area contributed by atoms with Gasteiger partial charge in [0.05, 0.1) is 5.02 Å². The fraction of sp³-hybridized carbons (Fsp3) is 0.143. The fourth-order valence-electron chi connectivity index (χ4n) is 0.622. The van der Waals surface area contributed by atoms with Gasteiger partial charge in [0.2, 0.25) is 0 Å². The van der Waals surface area contributed by atoms with Crippen LogP contribution in [0.3, 0.4) is 0 Å². The van der Waals surface area contributed by atoms with E-state index in [0.717, 1.165) is 19.2 Å². The Labute approximate surface area is 83.7 Å². The number of rotatable bonds is 0. The first-order chi connectivity index (χ1) is 4.61. The number of hydrogen-bond acceptors (Lipinski definition) is 0. The summed E-state index contributed by atoms with van der Waals surface area (Å²) in [7, 11) is 0. The highest BCUT2D eigenvalue weighted by atomic mass is 127. The molecule has 1 aromatic rings. The highest BCUT2D eigenvalue weighted by Gasteiger charge is 2.00. The average molecular weight is 287 g/mol. The minimum Gasteiger partial charge on any atom is -0.0840 e. The van der Waals surface area contributed by atoms with Gasteiger partial charge in [0.1, 0.15) is 0 Å². The topological polar surface area (TPSA) is 0 Å². The molecule has 0 saturated carbocycles. The molecule has 0 nitrogen and oxygen atoms in total. The summed E-state index contributed by atoms with van der Waals surface area (Å²) in [6.45, 7) is 1.93. The molecule has 0 radical (unpaired) electrons. The molecule has 3 heteroatoms. The largest absolute Gasteiger partial charge is 0.0840 e. The summed E-state index contributed by atoms with van der Waals surface area (Å²) < 4.78 is 0.995. The van der Waals surface area contributed by atoms with Crippen molar-refractivity contribution in [1.29, 1.82) is 0 Å². The standard InChI is InChI=1S/C7H5Cl2I/c1-4-2-6(9)7(10)3-5(4)8/h2-3H,1H3. The number of aryl methyl sites for hydroxylation is 1. The van der Waals surface area contributed by atoms with Crippen LogP contribution in [-0.2, 0) is 0 Å². The number of benzene rings is 1. The Morgan fingerprint density at radius 1 is 1.20 bits per heavy atom. The van der Waals surface area contributed by atoms with Gasteiger partial charge in [-0.1, -0.05) is 23.2 Å². The Morgan fingerprint density at radius 3 is 2.30 bits per heavy atom. The molecule has 54 valence electrons. The monoisotopic (exact) mass is 286 g/mol. The van der Waals surface area contributed by atoms with Crippen LogP contribution in [0.1, 0.15) is 5.56 Å². The van der Waals surface area contributed by atoms with Gasteiger partial charge in [0.15, 0.2) is 0 Å². The zero-order chi connectivity index (χ0) is 7.72. The van der Waals surface area contributed by atoms with E-state index >= 15 is 0 Å². The summed E-state index contributed by atoms with van der Waals surface area (Å²) in [6, 6.07) is 3.73. The summed E-state index contributed by atoms with van der Waals surface area (Å²) in [5.74, 6) is 0. The van der Waals surface area contributed by atoms with E-state index in [1.807, 2.05) is 19.1 Å². The zero-order valence-electron chi connectivity index (χ0n) is 5.29. The van der Waals surface area contributed by atoms with Crippen LogP contribution >= 0.6 is 45.8 Å². The Kier molecular flexibility index (Phi) is 2.83. The molecule has 0 N–H and O–H groups in total. The Morgan fingerprint density at radius 2 is 1.80 bits per heavy atom. The van der Waals surface area contributed by atoms with Gasteiger partial charge >= 0.3 is 0 Å². The van der Waals surface area contributed by atoms with E-state index in [-0.39, 0.29) is 0 Å². The van der Waals surface area contributed by atoms with Gasteiger partial charge in [-0.3, -0.25) is 0 Å². The first-order valence-electron chi connectivity index (χ1n) is 2.72. The lowest BCUT2D eigenvalue weighted by molar-refractivity contribution is 1.45. The summed E-state index contributed by atoms with van der Waals surface area (Å²) >= 11 is 13.8. The highest BCUT2D eigenvalue weighted by molar-refractivity contribution is 14.1. The maximum absolute atomic E-state index is 5.82. The SMILES string of the molecule is Cc1cc(Cl)c(I)cc1Cl. The van der Waals surface area contributed by atoms with Gasteiger partial charge in [-0.2, -0.15) is 0 Å². The van der Waals surface area contributed by atoms with Gasteiger partial charge in [-0.05, 0) is 47.2 Å². The van der Waals surface area contributed by atoms with Crippen molar-refractivity contribution in [2.75, 3.05) is 0 Å². The Hall–Kier alpha value is 0.530. The van der Waals surface area contributed by atoms with Crippen molar-refractivity contribution in [3.63, 3.8) is 0 Å². The van der Waals surface area contributed by atoms with Crippen molar-refractivity contribution < 1.29 is 0 Å². The van der Waals surface area contributed by atoms with Crippen molar-refractivity contribution in [3.05, 3.63) is 31.3 Å². The first kappa shape index (κ1) is 8.62. The molecule has 0 fully saturated rings. The predicted molar refractivity (Wildman–Crippen MR) is 53.9 cm³/mol. The van der Waals surface area contributed by atoms with Crippen LogP contribution in [-0.4, -0.2) is 0 Å². The number of halogens is 3. The summed E-state index contributed by atoms with van der Waals surface area (Å²) in [5, 5.41) is 1.54. The van der Waals surface area contributed by atoms with Crippen molar-refractivity contribution in [1.82, 2.24) is 0 Å². The molecular weight excluding hydrogens is 282 g/mol. The molecule has 0 aromatic heterocycles. The molecule has 0 saturated heterocycles. The highest BCUT2D eigenvalue weighted by Crippen LogP contribution is 2.25. The molecule has 0 heterocycles. The first-order valence-corrected chi connectivity index (χ1v) is 4.56. The smallest absolute Gasteiger partial charge is 0.0543 e. The van der Waals surface area contributed by atoms with Crippen molar-refractivity contribution in [2.45, 2.75) is 6.92 Å². The van der Waals surface area contributed by atoms with E-state index in [4.69, 9.17) is 23.2 Å². The van der Waals surface area contributed by atoms with Crippen LogP contribution in [0, 0.1) is 10.5 Å². The zero-order valence-corrected chi connectivity index (χ0v) is 8.96. The molecule has 1 rings (SSSR count). The predicted octanol–water partition coefficient (Wildman–Crippen LogP) is 3.91. The van der Waals surface area contributed by atoms with Crippen LogP contribution < -0.4 is 0 Å². The Balaban J connectivity index is 3.28. The van der Waals surface area contributed by atoms with Gasteiger partial charge in [0, 0.05) is 8.59 Å². The van der Waals surface area contributed by atoms with Crippen LogP contribution in [0.25, 0.3) is 0 Å². The molecule has 0 amide bonds. The molecule has 0 atom stereocenters. The molecule has 0 aliphatic heterocycles. The van der Waals surface area contributed by atoms with E-state index in [0.29, 0.717) is 0 Å². The summed E-state index contributed by atoms with van der Waals surface area (Å²) in [6.07, 6.45) is 0. The second-order valence-electron chi connectivity index (χ2n) is 2.02. The third-order valence-corrected chi connectivity index (χ3v) is 3.13. The van der Waals surface area contributed by atoms with E-state index in [1.165, 1.54) is 0 Å². The third-order valence-electron chi connectivity index (χ3n) is 1.20. The van der Waals surface area contributed by atoms with Crippen molar-refractivity contribution in [2.24, 2.45) is 0 Å². The molecule has 0 unspecified atom stereocenters. The van der Waals surface area contributed by atoms with E-state index in [1.54, 1.807) is 0 Å². The van der Waals surface area contributed by atoms with Crippen molar-refractivity contribution >= 4 is 45.8 Å². The Bertz CT molecular complexity index is 208. The quantitative estimate of drug-likeness (QED) is 0.501. The summed E-state index contributed by atoms with van der Waals surface area (Å²) in [5.41, 5.74) is 1.02. The lowest BCUT2D eigenvalue weighted by atomic mass is 10.2. The van der Waals surface area contributed by atoms with Crippen LogP contribution in [0.5, 0.6) is 0 Å². The number of hydrogen-bond donors (Lipinski definition) is 0. The second-order valence-corrected chi connectivity index (χ2v) is 3.99. The molecule has 0 aliphatic rings. The minimum absolute atomic E-state index is 0.766. The van der Waals surface area contributed by atoms with E-state index in [2.05, 4.69) is 22.6 Å². The van der Waals surface area contributed by atoms with Gasteiger partial charge in [-0.15, -0.1) is 0 Å². The van der Waals surface area contributed by atoms with Gasteiger partial charge in [0.25, 0.3) is 0 Å². The molecule has 0 spiro atoms. The average Bonchev–Trinajstić information content (AvgIpc) is 1.84. The lowest BCUT2D eigenvalue weighted by Gasteiger charge is -1.99. The lowest BCUT2D eigenvalue weighted by Crippen LogP contribution is -1.78. The van der Waals surface area contributed by atoms with Gasteiger partial charge < -0.3 is 0 Å². The molecule has 0 bridgehead atoms. The maximum atomic E-state index is 5.82. The van der Waals surface area contributed by atoms with Crippen LogP contribution in [0.15, 0.2) is 12.1 Å².